The van der Waals surface area contributed by atoms with Crippen molar-refractivity contribution >= 4 is 11.6 Å². The van der Waals surface area contributed by atoms with Crippen LogP contribution in [0, 0.1) is 5.41 Å². The lowest BCUT2D eigenvalue weighted by molar-refractivity contribution is 0.119. The molecular weight excluding hydrogens is 236 g/mol. The number of halogens is 1. The molecule has 0 bridgehead atoms. The SMILES string of the molecule is CC(C)(C)[C@@]1([C@@H]2O[C@H]2c2ccc(Cl)cc2)CO1. The molecule has 1 aromatic rings. The van der Waals surface area contributed by atoms with E-state index in [-0.39, 0.29) is 23.2 Å². The minimum absolute atomic E-state index is 0.0860. The molecule has 2 aliphatic rings. The van der Waals surface area contributed by atoms with E-state index in [0.717, 1.165) is 11.6 Å². The van der Waals surface area contributed by atoms with Crippen LogP contribution in [-0.4, -0.2) is 18.3 Å². The largest absolute Gasteiger partial charge is 0.366 e. The van der Waals surface area contributed by atoms with E-state index in [1.165, 1.54) is 5.56 Å². The van der Waals surface area contributed by atoms with Crippen LogP contribution >= 0.6 is 11.6 Å². The Bertz CT molecular complexity index is 429. The molecule has 2 heterocycles. The Balaban J connectivity index is 1.77. The fraction of sp³-hybridized carbons (Fsp3) is 0.571. The summed E-state index contributed by atoms with van der Waals surface area (Å²) >= 11 is 5.88. The Hall–Kier alpha value is -0.570. The van der Waals surface area contributed by atoms with Crippen LogP contribution in [-0.2, 0) is 9.47 Å². The molecule has 3 atom stereocenters. The quantitative estimate of drug-likeness (QED) is 0.752. The van der Waals surface area contributed by atoms with E-state index >= 15 is 0 Å². The van der Waals surface area contributed by atoms with E-state index < -0.39 is 0 Å². The van der Waals surface area contributed by atoms with Gasteiger partial charge in [0.1, 0.15) is 17.8 Å². The molecule has 1 aromatic carbocycles. The average molecular weight is 253 g/mol. The molecule has 3 heteroatoms. The van der Waals surface area contributed by atoms with Crippen molar-refractivity contribution in [3.05, 3.63) is 34.9 Å². The molecular formula is C14H17ClO2. The standard InChI is InChI=1S/C14H17ClO2/c1-13(2,3)14(8-16-14)12-11(17-12)9-4-6-10(15)7-5-9/h4-7,11-12H,8H2,1-3H3/t11-,12+,14-/m0/s1. The summed E-state index contributed by atoms with van der Waals surface area (Å²) in [5, 5.41) is 0.763. The van der Waals surface area contributed by atoms with Gasteiger partial charge in [-0.2, -0.15) is 0 Å². The molecule has 2 fully saturated rings. The molecule has 17 heavy (non-hydrogen) atoms. The fourth-order valence-electron chi connectivity index (χ4n) is 2.47. The third-order valence-corrected chi connectivity index (χ3v) is 4.13. The zero-order chi connectivity index (χ0) is 12.3. The van der Waals surface area contributed by atoms with E-state index in [4.69, 9.17) is 21.1 Å². The molecule has 2 nitrogen and oxygen atoms in total. The minimum Gasteiger partial charge on any atom is -0.366 e. The van der Waals surface area contributed by atoms with Gasteiger partial charge in [0.2, 0.25) is 0 Å². The van der Waals surface area contributed by atoms with Crippen molar-refractivity contribution in [3.63, 3.8) is 0 Å². The minimum atomic E-state index is -0.0860. The summed E-state index contributed by atoms with van der Waals surface area (Å²) in [4.78, 5) is 0. The van der Waals surface area contributed by atoms with Gasteiger partial charge in [-0.15, -0.1) is 0 Å². The summed E-state index contributed by atoms with van der Waals surface area (Å²) in [5.41, 5.74) is 1.23. The van der Waals surface area contributed by atoms with E-state index in [1.54, 1.807) is 0 Å². The second-order valence-electron chi connectivity index (χ2n) is 5.96. The average Bonchev–Trinajstić information content (AvgIpc) is 3.11. The van der Waals surface area contributed by atoms with E-state index in [0.29, 0.717) is 0 Å². The number of benzene rings is 1. The van der Waals surface area contributed by atoms with Gasteiger partial charge in [-0.05, 0) is 23.1 Å². The number of hydrogen-bond donors (Lipinski definition) is 0. The highest BCUT2D eigenvalue weighted by Crippen LogP contribution is 2.58. The Labute approximate surface area is 107 Å². The maximum atomic E-state index is 5.88. The molecule has 0 radical (unpaired) electrons. The van der Waals surface area contributed by atoms with Crippen LogP contribution in [0.15, 0.2) is 24.3 Å². The van der Waals surface area contributed by atoms with E-state index in [9.17, 15) is 0 Å². The highest BCUT2D eigenvalue weighted by Gasteiger charge is 2.68. The summed E-state index contributed by atoms with van der Waals surface area (Å²) in [6, 6.07) is 7.89. The molecule has 0 amide bonds. The van der Waals surface area contributed by atoms with Gasteiger partial charge in [0.25, 0.3) is 0 Å². The lowest BCUT2D eigenvalue weighted by Crippen LogP contribution is -2.36. The first kappa shape index (κ1) is 11.5. The normalized spacial score (nSPS) is 35.8. The maximum absolute atomic E-state index is 5.88. The Morgan fingerprint density at radius 2 is 1.82 bits per heavy atom. The van der Waals surface area contributed by atoms with E-state index in [1.807, 2.05) is 24.3 Å². The number of rotatable bonds is 2. The first-order valence-corrected chi connectivity index (χ1v) is 6.37. The molecule has 0 N–H and O–H groups in total. The lowest BCUT2D eigenvalue weighted by atomic mass is 9.77. The third-order valence-electron chi connectivity index (χ3n) is 3.87. The molecule has 0 spiro atoms. The lowest BCUT2D eigenvalue weighted by Gasteiger charge is -2.25. The number of epoxide rings is 2. The van der Waals surface area contributed by atoms with Gasteiger partial charge in [0.15, 0.2) is 0 Å². The highest BCUT2D eigenvalue weighted by atomic mass is 35.5. The maximum Gasteiger partial charge on any atom is 0.125 e. The van der Waals surface area contributed by atoms with Gasteiger partial charge in [-0.3, -0.25) is 0 Å². The second-order valence-corrected chi connectivity index (χ2v) is 6.39. The van der Waals surface area contributed by atoms with Gasteiger partial charge in [0, 0.05) is 5.02 Å². The second kappa shape index (κ2) is 3.47. The molecule has 92 valence electrons. The van der Waals surface area contributed by atoms with Crippen molar-refractivity contribution in [3.8, 4) is 0 Å². The van der Waals surface area contributed by atoms with Crippen molar-refractivity contribution in [1.29, 1.82) is 0 Å². The third kappa shape index (κ3) is 1.79. The Morgan fingerprint density at radius 3 is 2.29 bits per heavy atom. The summed E-state index contributed by atoms with van der Waals surface area (Å²) in [6.45, 7) is 7.44. The topological polar surface area (TPSA) is 25.1 Å². The van der Waals surface area contributed by atoms with Crippen molar-refractivity contribution in [2.24, 2.45) is 5.41 Å². The van der Waals surface area contributed by atoms with Crippen molar-refractivity contribution < 1.29 is 9.47 Å². The summed E-state index contributed by atoms with van der Waals surface area (Å²) < 4.78 is 11.5. The molecule has 0 saturated carbocycles. The van der Waals surface area contributed by atoms with Crippen molar-refractivity contribution in [2.75, 3.05) is 6.61 Å². The van der Waals surface area contributed by atoms with Crippen molar-refractivity contribution in [1.82, 2.24) is 0 Å². The molecule has 0 unspecified atom stereocenters. The summed E-state index contributed by atoms with van der Waals surface area (Å²) in [5.74, 6) is 0. The molecule has 2 saturated heterocycles. The number of hydrogen-bond acceptors (Lipinski definition) is 2. The monoisotopic (exact) mass is 252 g/mol. The van der Waals surface area contributed by atoms with Gasteiger partial charge >= 0.3 is 0 Å². The zero-order valence-electron chi connectivity index (χ0n) is 10.4. The zero-order valence-corrected chi connectivity index (χ0v) is 11.1. The smallest absolute Gasteiger partial charge is 0.125 e. The summed E-state index contributed by atoms with van der Waals surface area (Å²) in [7, 11) is 0. The van der Waals surface area contributed by atoms with Gasteiger partial charge in [-0.25, -0.2) is 0 Å². The van der Waals surface area contributed by atoms with Gasteiger partial charge in [-0.1, -0.05) is 44.5 Å². The Kier molecular flexibility index (Phi) is 2.35. The molecule has 0 aliphatic carbocycles. The van der Waals surface area contributed by atoms with Crippen LogP contribution in [0.3, 0.4) is 0 Å². The van der Waals surface area contributed by atoms with E-state index in [2.05, 4.69) is 20.8 Å². The predicted octanol–water partition coefficient (Wildman–Crippen LogP) is 3.60. The number of ether oxygens (including phenoxy) is 2. The first-order chi connectivity index (χ1) is 7.94. The highest BCUT2D eigenvalue weighted by molar-refractivity contribution is 6.30. The summed E-state index contributed by atoms with van der Waals surface area (Å²) in [6.07, 6.45) is 0.373. The fourth-order valence-corrected chi connectivity index (χ4v) is 2.60. The van der Waals surface area contributed by atoms with Crippen LogP contribution in [0.2, 0.25) is 5.02 Å². The molecule has 2 aliphatic heterocycles. The Morgan fingerprint density at radius 1 is 1.24 bits per heavy atom. The van der Waals surface area contributed by atoms with Crippen LogP contribution < -0.4 is 0 Å². The predicted molar refractivity (Wildman–Crippen MR) is 67.2 cm³/mol. The van der Waals surface area contributed by atoms with Crippen LogP contribution in [0.25, 0.3) is 0 Å². The van der Waals surface area contributed by atoms with Crippen LogP contribution in [0.5, 0.6) is 0 Å². The molecule has 3 rings (SSSR count). The van der Waals surface area contributed by atoms with Crippen LogP contribution in [0.4, 0.5) is 0 Å². The van der Waals surface area contributed by atoms with Gasteiger partial charge < -0.3 is 9.47 Å². The van der Waals surface area contributed by atoms with Gasteiger partial charge in [0.05, 0.1) is 6.61 Å². The first-order valence-electron chi connectivity index (χ1n) is 5.99. The van der Waals surface area contributed by atoms with Crippen LogP contribution in [0.1, 0.15) is 32.4 Å². The van der Waals surface area contributed by atoms with Crippen molar-refractivity contribution in [2.45, 2.75) is 38.6 Å². The molecule has 0 aromatic heterocycles.